The molecule has 4 nitrogen and oxygen atoms in total. The number of rotatable bonds is 5. The molecule has 0 fully saturated rings. The maximum Gasteiger partial charge on any atom is 0.237 e. The van der Waals surface area contributed by atoms with Crippen molar-refractivity contribution >= 4 is 5.91 Å². The molecule has 82 valence electrons. The summed E-state index contributed by atoms with van der Waals surface area (Å²) in [5.41, 5.74) is 12.1. The zero-order chi connectivity index (χ0) is 11.1. The highest BCUT2D eigenvalue weighted by molar-refractivity contribution is 5.81. The van der Waals surface area contributed by atoms with Gasteiger partial charge < -0.3 is 16.8 Å². The third-order valence-electron chi connectivity index (χ3n) is 2.08. The van der Waals surface area contributed by atoms with E-state index in [0.29, 0.717) is 19.5 Å². The number of hydrogen-bond donors (Lipinski definition) is 3. The number of nitrogens with two attached hydrogens (primary N) is 2. The van der Waals surface area contributed by atoms with Crippen LogP contribution in [0.1, 0.15) is 5.56 Å². The Kier molecular flexibility index (Phi) is 4.80. The first-order chi connectivity index (χ1) is 7.24. The Balaban J connectivity index is 2.41. The number of nitrogens with one attached hydrogen (secondary N) is 1. The average molecular weight is 207 g/mol. The van der Waals surface area contributed by atoms with Gasteiger partial charge in [-0.15, -0.1) is 0 Å². The maximum absolute atomic E-state index is 11.4. The van der Waals surface area contributed by atoms with E-state index < -0.39 is 6.04 Å². The monoisotopic (exact) mass is 207 g/mol. The van der Waals surface area contributed by atoms with Gasteiger partial charge in [0.15, 0.2) is 0 Å². The smallest absolute Gasteiger partial charge is 0.237 e. The molecule has 15 heavy (non-hydrogen) atoms. The molecule has 0 aromatic heterocycles. The minimum absolute atomic E-state index is 0.149. The Hall–Kier alpha value is -1.39. The van der Waals surface area contributed by atoms with Gasteiger partial charge in [0, 0.05) is 13.1 Å². The Morgan fingerprint density at radius 1 is 1.33 bits per heavy atom. The molecule has 0 saturated carbocycles. The molecule has 1 atom stereocenters. The Labute approximate surface area is 89.6 Å². The van der Waals surface area contributed by atoms with Crippen LogP contribution in [0.2, 0.25) is 0 Å². The number of amides is 1. The Morgan fingerprint density at radius 3 is 2.60 bits per heavy atom. The maximum atomic E-state index is 11.4. The molecule has 1 amide bonds. The molecule has 0 spiro atoms. The van der Waals surface area contributed by atoms with Gasteiger partial charge in [-0.3, -0.25) is 4.79 Å². The molecule has 1 rings (SSSR count). The van der Waals surface area contributed by atoms with Gasteiger partial charge in [-0.1, -0.05) is 30.3 Å². The molecule has 0 aliphatic heterocycles. The fourth-order valence-corrected chi connectivity index (χ4v) is 1.29. The van der Waals surface area contributed by atoms with Crippen LogP contribution in [0.4, 0.5) is 0 Å². The highest BCUT2D eigenvalue weighted by Crippen LogP contribution is 2.01. The van der Waals surface area contributed by atoms with Crippen LogP contribution in [0, 0.1) is 0 Å². The van der Waals surface area contributed by atoms with Crippen molar-refractivity contribution in [2.45, 2.75) is 12.5 Å². The largest absolute Gasteiger partial charge is 0.353 e. The van der Waals surface area contributed by atoms with Crippen molar-refractivity contribution in [3.8, 4) is 0 Å². The fraction of sp³-hybridized carbons (Fsp3) is 0.364. The van der Waals surface area contributed by atoms with Crippen LogP contribution in [0.25, 0.3) is 0 Å². The minimum atomic E-state index is -0.501. The summed E-state index contributed by atoms with van der Waals surface area (Å²) in [6.45, 7) is 0.908. The fourth-order valence-electron chi connectivity index (χ4n) is 1.29. The summed E-state index contributed by atoms with van der Waals surface area (Å²) < 4.78 is 0. The third kappa shape index (κ3) is 4.10. The standard InChI is InChI=1S/C11H17N3O/c12-6-7-14-11(15)10(13)8-9-4-2-1-3-5-9/h1-5,10H,6-8,12-13H2,(H,14,15)/t10-/m1/s1. The third-order valence-corrected chi connectivity index (χ3v) is 2.08. The molecule has 0 aliphatic carbocycles. The van der Waals surface area contributed by atoms with E-state index in [2.05, 4.69) is 5.32 Å². The molecule has 5 N–H and O–H groups in total. The highest BCUT2D eigenvalue weighted by atomic mass is 16.2. The van der Waals surface area contributed by atoms with Crippen LogP contribution < -0.4 is 16.8 Å². The van der Waals surface area contributed by atoms with E-state index in [4.69, 9.17) is 11.5 Å². The zero-order valence-electron chi connectivity index (χ0n) is 8.65. The molecular formula is C11H17N3O. The lowest BCUT2D eigenvalue weighted by molar-refractivity contribution is -0.122. The van der Waals surface area contributed by atoms with Crippen molar-refractivity contribution in [1.29, 1.82) is 0 Å². The second kappa shape index (κ2) is 6.16. The number of hydrogen-bond acceptors (Lipinski definition) is 3. The zero-order valence-corrected chi connectivity index (χ0v) is 8.65. The summed E-state index contributed by atoms with van der Waals surface area (Å²) in [7, 11) is 0. The molecule has 0 unspecified atom stereocenters. The Morgan fingerprint density at radius 2 is 2.00 bits per heavy atom. The van der Waals surface area contributed by atoms with Crippen LogP contribution >= 0.6 is 0 Å². The van der Waals surface area contributed by atoms with Gasteiger partial charge in [0.05, 0.1) is 6.04 Å². The van der Waals surface area contributed by atoms with E-state index in [-0.39, 0.29) is 5.91 Å². The normalized spacial score (nSPS) is 12.1. The molecule has 1 aromatic carbocycles. The van der Waals surface area contributed by atoms with Gasteiger partial charge in [-0.2, -0.15) is 0 Å². The van der Waals surface area contributed by atoms with Gasteiger partial charge in [0.1, 0.15) is 0 Å². The van der Waals surface area contributed by atoms with Crippen molar-refractivity contribution < 1.29 is 4.79 Å². The molecule has 0 radical (unpaired) electrons. The average Bonchev–Trinajstić information content (AvgIpc) is 2.27. The summed E-state index contributed by atoms with van der Waals surface area (Å²) in [5.74, 6) is -0.149. The van der Waals surface area contributed by atoms with Crippen molar-refractivity contribution in [2.24, 2.45) is 11.5 Å². The molecule has 0 heterocycles. The van der Waals surface area contributed by atoms with Crippen LogP contribution in [0.15, 0.2) is 30.3 Å². The number of carbonyl (C=O) groups is 1. The summed E-state index contributed by atoms with van der Waals surface area (Å²) in [6.07, 6.45) is 0.553. The van der Waals surface area contributed by atoms with E-state index in [1.807, 2.05) is 30.3 Å². The van der Waals surface area contributed by atoms with E-state index in [0.717, 1.165) is 5.56 Å². The van der Waals surface area contributed by atoms with Crippen molar-refractivity contribution in [3.63, 3.8) is 0 Å². The highest BCUT2D eigenvalue weighted by Gasteiger charge is 2.12. The molecule has 0 saturated heterocycles. The van der Waals surface area contributed by atoms with E-state index >= 15 is 0 Å². The molecular weight excluding hydrogens is 190 g/mol. The van der Waals surface area contributed by atoms with Crippen molar-refractivity contribution in [2.75, 3.05) is 13.1 Å². The van der Waals surface area contributed by atoms with Crippen molar-refractivity contribution in [3.05, 3.63) is 35.9 Å². The topological polar surface area (TPSA) is 81.1 Å². The predicted octanol–water partition coefficient (Wildman–Crippen LogP) is -0.369. The van der Waals surface area contributed by atoms with Crippen LogP contribution in [0.5, 0.6) is 0 Å². The quantitative estimate of drug-likeness (QED) is 0.616. The van der Waals surface area contributed by atoms with Gasteiger partial charge in [0.25, 0.3) is 0 Å². The second-order valence-corrected chi connectivity index (χ2v) is 3.38. The first kappa shape index (κ1) is 11.7. The van der Waals surface area contributed by atoms with Crippen molar-refractivity contribution in [1.82, 2.24) is 5.32 Å². The summed E-state index contributed by atoms with van der Waals surface area (Å²) in [5, 5.41) is 2.66. The van der Waals surface area contributed by atoms with Crippen LogP contribution in [0.3, 0.4) is 0 Å². The summed E-state index contributed by atoms with van der Waals surface area (Å²) >= 11 is 0. The molecule has 1 aromatic rings. The first-order valence-electron chi connectivity index (χ1n) is 5.01. The molecule has 4 heteroatoms. The van der Waals surface area contributed by atoms with Crippen LogP contribution in [-0.4, -0.2) is 25.0 Å². The molecule has 0 bridgehead atoms. The lowest BCUT2D eigenvalue weighted by Crippen LogP contribution is -2.43. The number of carbonyl (C=O) groups excluding carboxylic acids is 1. The van der Waals surface area contributed by atoms with Gasteiger partial charge >= 0.3 is 0 Å². The van der Waals surface area contributed by atoms with Gasteiger partial charge in [-0.25, -0.2) is 0 Å². The lowest BCUT2D eigenvalue weighted by Gasteiger charge is -2.11. The SMILES string of the molecule is NCCNC(=O)[C@H](N)Cc1ccccc1. The summed E-state index contributed by atoms with van der Waals surface area (Å²) in [4.78, 5) is 11.4. The van der Waals surface area contributed by atoms with E-state index in [1.165, 1.54) is 0 Å². The van der Waals surface area contributed by atoms with E-state index in [1.54, 1.807) is 0 Å². The van der Waals surface area contributed by atoms with Gasteiger partial charge in [-0.05, 0) is 12.0 Å². The number of benzene rings is 1. The minimum Gasteiger partial charge on any atom is -0.353 e. The van der Waals surface area contributed by atoms with Gasteiger partial charge in [0.2, 0.25) is 5.91 Å². The molecule has 0 aliphatic rings. The predicted molar refractivity (Wildman–Crippen MR) is 60.2 cm³/mol. The second-order valence-electron chi connectivity index (χ2n) is 3.38. The summed E-state index contributed by atoms with van der Waals surface area (Å²) in [6, 6.07) is 9.20. The Bertz CT molecular complexity index is 300. The first-order valence-corrected chi connectivity index (χ1v) is 5.01. The van der Waals surface area contributed by atoms with Crippen LogP contribution in [-0.2, 0) is 11.2 Å². The van der Waals surface area contributed by atoms with E-state index in [9.17, 15) is 4.79 Å². The lowest BCUT2D eigenvalue weighted by atomic mass is 10.1.